The van der Waals surface area contributed by atoms with E-state index in [1.807, 2.05) is 0 Å². The topological polar surface area (TPSA) is 67.0 Å². The van der Waals surface area contributed by atoms with E-state index in [0.29, 0.717) is 16.7 Å². The minimum absolute atomic E-state index is 0.319. The first-order chi connectivity index (χ1) is 8.35. The number of amides is 1. The number of halogens is 1. The highest BCUT2D eigenvalue weighted by molar-refractivity contribution is 5.97. The number of aromatic nitrogens is 2. The Labute approximate surface area is 103 Å². The predicted octanol–water partition coefficient (Wildman–Crippen LogP) is 3.05. The maximum Gasteiger partial charge on any atom is 0.413 e. The SMILES string of the molecule is CC(C)(C)OC(=O)Nc1n[nH]c2cc(F)ccc12. The highest BCUT2D eigenvalue weighted by atomic mass is 19.1. The second kappa shape index (κ2) is 4.29. The minimum atomic E-state index is -0.597. The van der Waals surface area contributed by atoms with E-state index in [4.69, 9.17) is 4.74 Å². The van der Waals surface area contributed by atoms with Crippen LogP contribution in [0.1, 0.15) is 20.8 Å². The summed E-state index contributed by atoms with van der Waals surface area (Å²) in [7, 11) is 0. The number of hydrogen-bond acceptors (Lipinski definition) is 3. The van der Waals surface area contributed by atoms with Crippen LogP contribution < -0.4 is 5.32 Å². The van der Waals surface area contributed by atoms with Crippen LogP contribution in [0.15, 0.2) is 18.2 Å². The molecular weight excluding hydrogens is 237 g/mol. The molecule has 0 radical (unpaired) electrons. The quantitative estimate of drug-likeness (QED) is 0.818. The molecule has 2 N–H and O–H groups in total. The van der Waals surface area contributed by atoms with Gasteiger partial charge in [-0.15, -0.1) is 0 Å². The number of fused-ring (bicyclic) bond motifs is 1. The normalized spacial score (nSPS) is 11.6. The fourth-order valence-corrected chi connectivity index (χ4v) is 1.49. The van der Waals surface area contributed by atoms with Crippen molar-refractivity contribution in [2.24, 2.45) is 0 Å². The van der Waals surface area contributed by atoms with Crippen LogP contribution >= 0.6 is 0 Å². The second-order valence-corrected chi connectivity index (χ2v) is 4.89. The van der Waals surface area contributed by atoms with Gasteiger partial charge < -0.3 is 4.74 Å². The van der Waals surface area contributed by atoms with Gasteiger partial charge in [-0.1, -0.05) is 0 Å². The molecule has 0 aliphatic rings. The zero-order valence-electron chi connectivity index (χ0n) is 10.4. The van der Waals surface area contributed by atoms with Crippen molar-refractivity contribution in [3.8, 4) is 0 Å². The Morgan fingerprint density at radius 1 is 1.44 bits per heavy atom. The van der Waals surface area contributed by atoms with E-state index in [1.165, 1.54) is 12.1 Å². The summed E-state index contributed by atoms with van der Waals surface area (Å²) in [4.78, 5) is 11.6. The van der Waals surface area contributed by atoms with Gasteiger partial charge in [-0.25, -0.2) is 9.18 Å². The lowest BCUT2D eigenvalue weighted by atomic mass is 10.2. The third-order valence-electron chi connectivity index (χ3n) is 2.14. The average Bonchev–Trinajstić information content (AvgIpc) is 2.57. The van der Waals surface area contributed by atoms with Gasteiger partial charge in [0.25, 0.3) is 0 Å². The molecule has 1 heterocycles. The molecule has 0 spiro atoms. The maximum absolute atomic E-state index is 13.0. The number of H-pyrrole nitrogens is 1. The van der Waals surface area contributed by atoms with Crippen LogP contribution in [0.4, 0.5) is 15.0 Å². The van der Waals surface area contributed by atoms with Crippen molar-refractivity contribution in [2.45, 2.75) is 26.4 Å². The van der Waals surface area contributed by atoms with E-state index in [1.54, 1.807) is 26.8 Å². The van der Waals surface area contributed by atoms with E-state index in [-0.39, 0.29) is 5.82 Å². The van der Waals surface area contributed by atoms with Crippen molar-refractivity contribution in [3.05, 3.63) is 24.0 Å². The monoisotopic (exact) mass is 251 g/mol. The van der Waals surface area contributed by atoms with Crippen LogP contribution in [0.25, 0.3) is 10.9 Å². The number of carbonyl (C=O) groups is 1. The van der Waals surface area contributed by atoms with Crippen molar-refractivity contribution in [2.75, 3.05) is 5.32 Å². The Bertz CT molecular complexity index is 587. The molecule has 0 aliphatic carbocycles. The third-order valence-corrected chi connectivity index (χ3v) is 2.14. The summed E-state index contributed by atoms with van der Waals surface area (Å²) in [5.74, 6) is -0.0470. The summed E-state index contributed by atoms with van der Waals surface area (Å²) in [5, 5.41) is 9.68. The van der Waals surface area contributed by atoms with Crippen molar-refractivity contribution in [1.82, 2.24) is 10.2 Å². The first-order valence-corrected chi connectivity index (χ1v) is 5.49. The van der Waals surface area contributed by atoms with Crippen LogP contribution in [0, 0.1) is 5.82 Å². The lowest BCUT2D eigenvalue weighted by Crippen LogP contribution is -2.27. The molecule has 0 unspecified atom stereocenters. The Balaban J connectivity index is 2.20. The molecule has 96 valence electrons. The summed E-state index contributed by atoms with van der Waals surface area (Å²) < 4.78 is 18.1. The van der Waals surface area contributed by atoms with Crippen molar-refractivity contribution in [3.63, 3.8) is 0 Å². The van der Waals surface area contributed by atoms with Gasteiger partial charge in [0.2, 0.25) is 0 Å². The van der Waals surface area contributed by atoms with Crippen LogP contribution in [-0.2, 0) is 4.74 Å². The molecule has 6 heteroatoms. The van der Waals surface area contributed by atoms with E-state index in [2.05, 4.69) is 15.5 Å². The lowest BCUT2D eigenvalue weighted by molar-refractivity contribution is 0.0635. The van der Waals surface area contributed by atoms with Gasteiger partial charge in [-0.3, -0.25) is 10.4 Å². The summed E-state index contributed by atoms with van der Waals surface area (Å²) in [6, 6.07) is 4.15. The molecule has 0 bridgehead atoms. The van der Waals surface area contributed by atoms with E-state index in [9.17, 15) is 9.18 Å². The minimum Gasteiger partial charge on any atom is -0.444 e. The molecule has 2 rings (SSSR count). The van der Waals surface area contributed by atoms with Crippen LogP contribution in [0.3, 0.4) is 0 Å². The fourth-order valence-electron chi connectivity index (χ4n) is 1.49. The summed E-state index contributed by atoms with van der Waals surface area (Å²) in [6.45, 7) is 5.31. The molecule has 0 saturated carbocycles. The fraction of sp³-hybridized carbons (Fsp3) is 0.333. The molecule has 0 atom stereocenters. The van der Waals surface area contributed by atoms with Crippen LogP contribution in [0.5, 0.6) is 0 Å². The molecule has 1 aromatic carbocycles. The van der Waals surface area contributed by atoms with Crippen molar-refractivity contribution in [1.29, 1.82) is 0 Å². The maximum atomic E-state index is 13.0. The number of carbonyl (C=O) groups excluding carboxylic acids is 1. The molecule has 0 saturated heterocycles. The third kappa shape index (κ3) is 2.77. The number of aromatic amines is 1. The smallest absolute Gasteiger partial charge is 0.413 e. The molecule has 2 aromatic rings. The molecule has 1 aromatic heterocycles. The number of rotatable bonds is 1. The molecule has 18 heavy (non-hydrogen) atoms. The van der Waals surface area contributed by atoms with Gasteiger partial charge in [0.1, 0.15) is 11.4 Å². The average molecular weight is 251 g/mol. The van der Waals surface area contributed by atoms with E-state index in [0.717, 1.165) is 0 Å². The van der Waals surface area contributed by atoms with Crippen molar-refractivity contribution < 1.29 is 13.9 Å². The molecule has 0 aliphatic heterocycles. The van der Waals surface area contributed by atoms with Gasteiger partial charge >= 0.3 is 6.09 Å². The highest BCUT2D eigenvalue weighted by Gasteiger charge is 2.18. The number of nitrogens with one attached hydrogen (secondary N) is 2. The van der Waals surface area contributed by atoms with Gasteiger partial charge in [0, 0.05) is 5.39 Å². The van der Waals surface area contributed by atoms with E-state index < -0.39 is 11.7 Å². The predicted molar refractivity (Wildman–Crippen MR) is 65.9 cm³/mol. The number of benzene rings is 1. The summed E-state index contributed by atoms with van der Waals surface area (Å²) >= 11 is 0. The molecule has 0 fully saturated rings. The lowest BCUT2D eigenvalue weighted by Gasteiger charge is -2.19. The van der Waals surface area contributed by atoms with Gasteiger partial charge in [-0.05, 0) is 39.0 Å². The van der Waals surface area contributed by atoms with Crippen LogP contribution in [-0.4, -0.2) is 21.9 Å². The zero-order valence-corrected chi connectivity index (χ0v) is 10.4. The summed E-state index contributed by atoms with van der Waals surface area (Å²) in [6.07, 6.45) is -0.597. The number of ether oxygens (including phenoxy) is 1. The van der Waals surface area contributed by atoms with E-state index >= 15 is 0 Å². The Hall–Kier alpha value is -2.11. The molecule has 5 nitrogen and oxygen atoms in total. The van der Waals surface area contributed by atoms with Gasteiger partial charge in [0.15, 0.2) is 5.82 Å². The first kappa shape index (κ1) is 12.3. The summed E-state index contributed by atoms with van der Waals surface area (Å²) in [5.41, 5.74) is -0.0662. The molecular formula is C12H14FN3O2. The highest BCUT2D eigenvalue weighted by Crippen LogP contribution is 2.21. The van der Waals surface area contributed by atoms with Gasteiger partial charge in [0.05, 0.1) is 5.52 Å². The Kier molecular flexibility index (Phi) is 2.94. The van der Waals surface area contributed by atoms with Crippen molar-refractivity contribution >= 4 is 22.8 Å². The number of nitrogens with zero attached hydrogens (tertiary/aromatic N) is 1. The standard InChI is InChI=1S/C12H14FN3O2/c1-12(2,3)18-11(17)14-10-8-5-4-7(13)6-9(8)15-16-10/h4-6H,1-3H3,(H2,14,15,16,17). The zero-order chi connectivity index (χ0) is 13.3. The largest absolute Gasteiger partial charge is 0.444 e. The first-order valence-electron chi connectivity index (χ1n) is 5.49. The Morgan fingerprint density at radius 2 is 2.17 bits per heavy atom. The number of hydrogen-bond donors (Lipinski definition) is 2. The second-order valence-electron chi connectivity index (χ2n) is 4.89. The van der Waals surface area contributed by atoms with Gasteiger partial charge in [-0.2, -0.15) is 5.10 Å². The van der Waals surface area contributed by atoms with Crippen LogP contribution in [0.2, 0.25) is 0 Å². The number of anilines is 1. The molecule has 1 amide bonds. The Morgan fingerprint density at radius 3 is 2.83 bits per heavy atom.